The van der Waals surface area contributed by atoms with Gasteiger partial charge in [0.1, 0.15) is 5.75 Å². The number of alkyl halides is 5. The molecule has 1 fully saturated rings. The van der Waals surface area contributed by atoms with E-state index in [2.05, 4.69) is 10.1 Å². The lowest BCUT2D eigenvalue weighted by atomic mass is 9.99. The molecule has 0 bridgehead atoms. The minimum absolute atomic E-state index is 0. The number of hydrogen-bond acceptors (Lipinski definition) is 3. The smallest absolute Gasteiger partial charge is 0.389 e. The van der Waals surface area contributed by atoms with Crippen molar-refractivity contribution in [2.45, 2.75) is 31.7 Å². The van der Waals surface area contributed by atoms with Gasteiger partial charge in [0.05, 0.1) is 0 Å². The highest BCUT2D eigenvalue weighted by Crippen LogP contribution is 2.33. The number of piperazine rings is 1. The van der Waals surface area contributed by atoms with Crippen molar-refractivity contribution in [1.82, 2.24) is 10.2 Å². The van der Waals surface area contributed by atoms with Gasteiger partial charge in [-0.05, 0) is 24.1 Å². The van der Waals surface area contributed by atoms with Gasteiger partial charge in [0.2, 0.25) is 0 Å². The van der Waals surface area contributed by atoms with E-state index < -0.39 is 25.3 Å². The predicted molar refractivity (Wildman–Crippen MR) is 82.8 cm³/mol. The summed E-state index contributed by atoms with van der Waals surface area (Å²) < 4.78 is 66.8. The van der Waals surface area contributed by atoms with Gasteiger partial charge in [-0.2, -0.15) is 22.0 Å². The van der Waals surface area contributed by atoms with Crippen molar-refractivity contribution in [2.24, 2.45) is 0 Å². The average molecular weight is 375 g/mol. The minimum atomic E-state index is -4.25. The van der Waals surface area contributed by atoms with Gasteiger partial charge >= 0.3 is 12.8 Å². The summed E-state index contributed by atoms with van der Waals surface area (Å²) >= 11 is 0. The second-order valence-electron chi connectivity index (χ2n) is 5.41. The van der Waals surface area contributed by atoms with Gasteiger partial charge in [-0.15, -0.1) is 12.4 Å². The van der Waals surface area contributed by atoms with E-state index in [1.165, 1.54) is 18.2 Å². The second-order valence-corrected chi connectivity index (χ2v) is 5.41. The summed E-state index contributed by atoms with van der Waals surface area (Å²) in [4.78, 5) is 1.95. The normalized spacial score (nSPS) is 17.4. The molecule has 0 amide bonds. The van der Waals surface area contributed by atoms with Gasteiger partial charge < -0.3 is 10.1 Å². The molecule has 0 aromatic heterocycles. The number of nitrogens with zero attached hydrogens (tertiary/aromatic N) is 1. The summed E-state index contributed by atoms with van der Waals surface area (Å²) in [5.74, 6) is -0.0374. The van der Waals surface area contributed by atoms with E-state index >= 15 is 0 Å². The van der Waals surface area contributed by atoms with Crippen LogP contribution in [0.25, 0.3) is 0 Å². The van der Waals surface area contributed by atoms with E-state index in [9.17, 15) is 22.0 Å². The van der Waals surface area contributed by atoms with Crippen LogP contribution in [0.15, 0.2) is 24.3 Å². The molecule has 3 nitrogen and oxygen atoms in total. The standard InChI is InChI=1S/C15H19F5N2O.ClH/c16-14(17)23-12-3-1-2-11(10-12)13(4-5-15(18,19)20)22-8-6-21-7-9-22;/h1-3,10,13-14,21H,4-9H2;1H/t13-;/m0./s1. The zero-order valence-corrected chi connectivity index (χ0v) is 13.7. The highest BCUT2D eigenvalue weighted by atomic mass is 35.5. The number of hydrogen-bond donors (Lipinski definition) is 1. The maximum absolute atomic E-state index is 12.6. The third-order valence-corrected chi connectivity index (χ3v) is 3.76. The Hall–Kier alpha value is -1.12. The maximum atomic E-state index is 12.6. The van der Waals surface area contributed by atoms with Gasteiger partial charge in [-0.25, -0.2) is 0 Å². The molecule has 2 rings (SSSR count). The Balaban J connectivity index is 0.00000288. The van der Waals surface area contributed by atoms with Crippen LogP contribution in [0.1, 0.15) is 24.4 Å². The third-order valence-electron chi connectivity index (χ3n) is 3.76. The summed E-state index contributed by atoms with van der Waals surface area (Å²) in [6, 6.07) is 5.47. The Kier molecular flexibility index (Phi) is 8.18. The lowest BCUT2D eigenvalue weighted by Crippen LogP contribution is -2.45. The first-order valence-corrected chi connectivity index (χ1v) is 7.41. The molecule has 24 heavy (non-hydrogen) atoms. The van der Waals surface area contributed by atoms with E-state index in [1.54, 1.807) is 6.07 Å². The van der Waals surface area contributed by atoms with Crippen molar-refractivity contribution in [3.63, 3.8) is 0 Å². The fourth-order valence-electron chi connectivity index (χ4n) is 2.75. The molecule has 1 aliphatic heterocycles. The lowest BCUT2D eigenvalue weighted by molar-refractivity contribution is -0.138. The molecule has 0 spiro atoms. The molecule has 0 unspecified atom stereocenters. The number of nitrogens with one attached hydrogen (secondary N) is 1. The Bertz CT molecular complexity index is 495. The van der Waals surface area contributed by atoms with Crippen LogP contribution < -0.4 is 10.1 Å². The summed E-state index contributed by atoms with van der Waals surface area (Å²) in [7, 11) is 0. The first-order chi connectivity index (χ1) is 10.8. The summed E-state index contributed by atoms with van der Waals surface area (Å²) in [6.45, 7) is -0.353. The minimum Gasteiger partial charge on any atom is -0.435 e. The van der Waals surface area contributed by atoms with Crippen LogP contribution in [-0.4, -0.2) is 43.9 Å². The molecule has 0 radical (unpaired) electrons. The molecule has 1 N–H and O–H groups in total. The van der Waals surface area contributed by atoms with Crippen LogP contribution in [0.3, 0.4) is 0 Å². The zero-order chi connectivity index (χ0) is 16.9. The quantitative estimate of drug-likeness (QED) is 0.762. The fourth-order valence-corrected chi connectivity index (χ4v) is 2.75. The average Bonchev–Trinajstić information content (AvgIpc) is 2.47. The van der Waals surface area contributed by atoms with Gasteiger partial charge in [0.15, 0.2) is 0 Å². The molecular formula is C15H20ClF5N2O. The van der Waals surface area contributed by atoms with E-state index in [0.717, 1.165) is 0 Å². The molecule has 1 aliphatic rings. The zero-order valence-electron chi connectivity index (χ0n) is 12.9. The van der Waals surface area contributed by atoms with E-state index in [1.807, 2.05) is 4.90 Å². The van der Waals surface area contributed by atoms with E-state index in [-0.39, 0.29) is 24.6 Å². The lowest BCUT2D eigenvalue weighted by Gasteiger charge is -2.35. The number of rotatable bonds is 6. The summed E-state index contributed by atoms with van der Waals surface area (Å²) in [5, 5.41) is 3.14. The van der Waals surface area contributed by atoms with Crippen molar-refractivity contribution >= 4 is 12.4 Å². The van der Waals surface area contributed by atoms with Gasteiger partial charge in [0.25, 0.3) is 0 Å². The first kappa shape index (κ1) is 20.9. The largest absolute Gasteiger partial charge is 0.435 e. The topological polar surface area (TPSA) is 24.5 Å². The van der Waals surface area contributed by atoms with Crippen LogP contribution in [0.2, 0.25) is 0 Å². The highest BCUT2D eigenvalue weighted by Gasteiger charge is 2.31. The Morgan fingerprint density at radius 1 is 1.17 bits per heavy atom. The Morgan fingerprint density at radius 3 is 2.42 bits per heavy atom. The molecule has 1 heterocycles. The fraction of sp³-hybridized carbons (Fsp3) is 0.600. The van der Waals surface area contributed by atoms with Crippen molar-refractivity contribution in [3.8, 4) is 5.75 Å². The SMILES string of the molecule is Cl.FC(F)Oc1cccc([C@H](CCC(F)(F)F)N2CCNCC2)c1. The molecule has 138 valence electrons. The van der Waals surface area contributed by atoms with E-state index in [0.29, 0.717) is 31.7 Å². The first-order valence-electron chi connectivity index (χ1n) is 7.41. The van der Waals surface area contributed by atoms with Crippen LogP contribution >= 0.6 is 12.4 Å². The molecule has 1 saturated heterocycles. The highest BCUT2D eigenvalue weighted by molar-refractivity contribution is 5.85. The molecular weight excluding hydrogens is 355 g/mol. The Morgan fingerprint density at radius 2 is 1.83 bits per heavy atom. The molecule has 0 saturated carbocycles. The second kappa shape index (κ2) is 9.39. The van der Waals surface area contributed by atoms with Crippen molar-refractivity contribution < 1.29 is 26.7 Å². The van der Waals surface area contributed by atoms with Crippen LogP contribution in [0.4, 0.5) is 22.0 Å². The molecule has 0 aliphatic carbocycles. The summed E-state index contributed by atoms with van der Waals surface area (Å²) in [5.41, 5.74) is 0.564. The monoisotopic (exact) mass is 374 g/mol. The van der Waals surface area contributed by atoms with Crippen molar-refractivity contribution in [3.05, 3.63) is 29.8 Å². The van der Waals surface area contributed by atoms with Crippen LogP contribution in [0.5, 0.6) is 5.75 Å². The van der Waals surface area contributed by atoms with Crippen LogP contribution in [0, 0.1) is 0 Å². The number of benzene rings is 1. The number of ether oxygens (including phenoxy) is 1. The van der Waals surface area contributed by atoms with Crippen LogP contribution in [-0.2, 0) is 0 Å². The molecule has 9 heteroatoms. The predicted octanol–water partition coefficient (Wildman–Crippen LogP) is 4.00. The maximum Gasteiger partial charge on any atom is 0.389 e. The molecule has 1 aromatic rings. The van der Waals surface area contributed by atoms with E-state index in [4.69, 9.17) is 0 Å². The van der Waals surface area contributed by atoms with Gasteiger partial charge in [-0.3, -0.25) is 4.90 Å². The molecule has 1 aromatic carbocycles. The van der Waals surface area contributed by atoms with Crippen molar-refractivity contribution in [1.29, 1.82) is 0 Å². The van der Waals surface area contributed by atoms with Gasteiger partial charge in [0, 0.05) is 38.6 Å². The summed E-state index contributed by atoms with van der Waals surface area (Å²) in [6.07, 6.45) is -5.27. The third kappa shape index (κ3) is 6.78. The van der Waals surface area contributed by atoms with Crippen molar-refractivity contribution in [2.75, 3.05) is 26.2 Å². The number of halogens is 6. The Labute approximate surface area is 143 Å². The molecule has 1 atom stereocenters. The van der Waals surface area contributed by atoms with Gasteiger partial charge in [-0.1, -0.05) is 12.1 Å².